The van der Waals surface area contributed by atoms with Gasteiger partial charge in [-0.05, 0) is 52.4 Å². The first-order valence-electron chi connectivity index (χ1n) is 7.03. The lowest BCUT2D eigenvalue weighted by Gasteiger charge is -2.22. The van der Waals surface area contributed by atoms with Gasteiger partial charge in [-0.1, -0.05) is 41.9 Å². The van der Waals surface area contributed by atoms with E-state index in [1.165, 1.54) is 18.4 Å². The molecule has 1 fully saturated rings. The number of rotatable bonds is 5. The van der Waals surface area contributed by atoms with Crippen LogP contribution in [0.5, 0.6) is 5.75 Å². The van der Waals surface area contributed by atoms with E-state index < -0.39 is 0 Å². The molecular weight excluding hydrogens is 350 g/mol. The molecule has 0 amide bonds. The Balaban J connectivity index is 1.94. The fourth-order valence-electron chi connectivity index (χ4n) is 2.61. The molecule has 1 aliphatic carbocycles. The van der Waals surface area contributed by atoms with Gasteiger partial charge < -0.3 is 10.1 Å². The predicted octanol–water partition coefficient (Wildman–Crippen LogP) is 5.67. The third-order valence-electron chi connectivity index (χ3n) is 3.78. The molecule has 0 saturated heterocycles. The van der Waals surface area contributed by atoms with Crippen molar-refractivity contribution in [3.8, 4) is 5.75 Å². The number of methoxy groups -OCH3 is 1. The summed E-state index contributed by atoms with van der Waals surface area (Å²) in [7, 11) is 1.67. The summed E-state index contributed by atoms with van der Waals surface area (Å²) in [6, 6.07) is 14.6. The molecule has 1 atom stereocenters. The molecule has 3 rings (SSSR count). The van der Waals surface area contributed by atoms with Gasteiger partial charge in [-0.25, -0.2) is 0 Å². The SMILES string of the molecule is COc1c(Br)cc(Cl)cc1NC(c1ccccc1)C1CC1. The van der Waals surface area contributed by atoms with Crippen LogP contribution in [-0.4, -0.2) is 7.11 Å². The van der Waals surface area contributed by atoms with Crippen molar-refractivity contribution in [3.63, 3.8) is 0 Å². The van der Waals surface area contributed by atoms with Crippen molar-refractivity contribution >= 4 is 33.2 Å². The molecular formula is C17H17BrClNO. The molecule has 4 heteroatoms. The van der Waals surface area contributed by atoms with Crippen LogP contribution in [0.25, 0.3) is 0 Å². The molecule has 2 aromatic rings. The fraction of sp³-hybridized carbons (Fsp3) is 0.294. The number of hydrogen-bond acceptors (Lipinski definition) is 2. The average molecular weight is 367 g/mol. The summed E-state index contributed by atoms with van der Waals surface area (Å²) in [6.07, 6.45) is 2.52. The second kappa shape index (κ2) is 6.29. The Hall–Kier alpha value is -1.19. The van der Waals surface area contributed by atoms with Crippen LogP contribution in [0, 0.1) is 5.92 Å². The largest absolute Gasteiger partial charge is 0.493 e. The van der Waals surface area contributed by atoms with Crippen LogP contribution in [0.2, 0.25) is 5.02 Å². The van der Waals surface area contributed by atoms with E-state index in [0.717, 1.165) is 15.9 Å². The highest BCUT2D eigenvalue weighted by molar-refractivity contribution is 9.10. The Morgan fingerprint density at radius 2 is 1.95 bits per heavy atom. The first-order valence-corrected chi connectivity index (χ1v) is 8.20. The standard InChI is InChI=1S/C17H17BrClNO/c1-21-17-14(18)9-13(19)10-15(17)20-16(12-7-8-12)11-5-3-2-4-6-11/h2-6,9-10,12,16,20H,7-8H2,1H3. The van der Waals surface area contributed by atoms with E-state index in [1.807, 2.05) is 18.2 Å². The van der Waals surface area contributed by atoms with Gasteiger partial charge in [-0.2, -0.15) is 0 Å². The fourth-order valence-corrected chi connectivity index (χ4v) is 3.58. The van der Waals surface area contributed by atoms with Gasteiger partial charge in [0.1, 0.15) is 0 Å². The van der Waals surface area contributed by atoms with Crippen LogP contribution in [0.4, 0.5) is 5.69 Å². The van der Waals surface area contributed by atoms with Gasteiger partial charge in [0.15, 0.2) is 5.75 Å². The monoisotopic (exact) mass is 365 g/mol. The van der Waals surface area contributed by atoms with E-state index in [0.29, 0.717) is 17.0 Å². The molecule has 0 spiro atoms. The van der Waals surface area contributed by atoms with Gasteiger partial charge in [-0.15, -0.1) is 0 Å². The normalized spacial score (nSPS) is 15.6. The Morgan fingerprint density at radius 3 is 2.57 bits per heavy atom. The van der Waals surface area contributed by atoms with E-state index in [2.05, 4.69) is 45.5 Å². The summed E-state index contributed by atoms with van der Waals surface area (Å²) in [6.45, 7) is 0. The summed E-state index contributed by atoms with van der Waals surface area (Å²) >= 11 is 9.69. The summed E-state index contributed by atoms with van der Waals surface area (Å²) in [5.74, 6) is 1.47. The van der Waals surface area contributed by atoms with Crippen molar-refractivity contribution < 1.29 is 4.74 Å². The summed E-state index contributed by atoms with van der Waals surface area (Å²) in [5.41, 5.74) is 2.23. The minimum absolute atomic E-state index is 0.297. The molecule has 0 heterocycles. The lowest BCUT2D eigenvalue weighted by atomic mass is 10.0. The van der Waals surface area contributed by atoms with E-state index in [1.54, 1.807) is 7.11 Å². The first kappa shape index (κ1) is 14.7. The van der Waals surface area contributed by atoms with Crippen molar-refractivity contribution in [1.82, 2.24) is 0 Å². The van der Waals surface area contributed by atoms with Crippen LogP contribution in [-0.2, 0) is 0 Å². The highest BCUT2D eigenvalue weighted by atomic mass is 79.9. The zero-order valence-electron chi connectivity index (χ0n) is 11.8. The molecule has 1 aliphatic rings. The van der Waals surface area contributed by atoms with E-state index in [9.17, 15) is 0 Å². The number of benzene rings is 2. The second-order valence-electron chi connectivity index (χ2n) is 5.34. The molecule has 21 heavy (non-hydrogen) atoms. The number of halogens is 2. The lowest BCUT2D eigenvalue weighted by Crippen LogP contribution is -2.13. The van der Waals surface area contributed by atoms with E-state index in [4.69, 9.17) is 16.3 Å². The Labute approximate surface area is 138 Å². The molecule has 0 aliphatic heterocycles. The lowest BCUT2D eigenvalue weighted by molar-refractivity contribution is 0.413. The smallest absolute Gasteiger partial charge is 0.156 e. The van der Waals surface area contributed by atoms with Crippen molar-refractivity contribution in [1.29, 1.82) is 0 Å². The number of ether oxygens (including phenoxy) is 1. The summed E-state index contributed by atoms with van der Waals surface area (Å²) in [5, 5.41) is 4.31. The zero-order valence-corrected chi connectivity index (χ0v) is 14.1. The number of nitrogens with one attached hydrogen (secondary N) is 1. The molecule has 1 N–H and O–H groups in total. The predicted molar refractivity (Wildman–Crippen MR) is 91.2 cm³/mol. The second-order valence-corrected chi connectivity index (χ2v) is 6.63. The van der Waals surface area contributed by atoms with Gasteiger partial charge in [0.25, 0.3) is 0 Å². The van der Waals surface area contributed by atoms with Crippen molar-refractivity contribution in [2.75, 3.05) is 12.4 Å². The van der Waals surface area contributed by atoms with Crippen molar-refractivity contribution in [2.24, 2.45) is 5.92 Å². The van der Waals surface area contributed by atoms with Crippen LogP contribution >= 0.6 is 27.5 Å². The van der Waals surface area contributed by atoms with Crippen molar-refractivity contribution in [2.45, 2.75) is 18.9 Å². The molecule has 110 valence electrons. The maximum absolute atomic E-state index is 6.18. The Kier molecular flexibility index (Phi) is 4.41. The molecule has 2 nitrogen and oxygen atoms in total. The van der Waals surface area contributed by atoms with E-state index in [-0.39, 0.29) is 0 Å². The molecule has 1 unspecified atom stereocenters. The van der Waals surface area contributed by atoms with E-state index >= 15 is 0 Å². The van der Waals surface area contributed by atoms with Crippen LogP contribution in [0.1, 0.15) is 24.4 Å². The molecule has 2 aromatic carbocycles. The van der Waals surface area contributed by atoms with Gasteiger partial charge >= 0.3 is 0 Å². The number of hydrogen-bond donors (Lipinski definition) is 1. The molecule has 0 bridgehead atoms. The quantitative estimate of drug-likeness (QED) is 0.735. The number of anilines is 1. The van der Waals surface area contributed by atoms with Gasteiger partial charge in [0, 0.05) is 5.02 Å². The zero-order chi connectivity index (χ0) is 14.8. The molecule has 0 radical (unpaired) electrons. The summed E-state index contributed by atoms with van der Waals surface area (Å²) < 4.78 is 6.36. The highest BCUT2D eigenvalue weighted by Gasteiger charge is 2.32. The van der Waals surface area contributed by atoms with Crippen molar-refractivity contribution in [3.05, 3.63) is 57.5 Å². The van der Waals surface area contributed by atoms with Crippen LogP contribution in [0.3, 0.4) is 0 Å². The topological polar surface area (TPSA) is 21.3 Å². The Bertz CT molecular complexity index is 628. The first-order chi connectivity index (χ1) is 10.2. The average Bonchev–Trinajstić information content (AvgIpc) is 3.30. The maximum Gasteiger partial charge on any atom is 0.156 e. The third-order valence-corrected chi connectivity index (χ3v) is 4.58. The van der Waals surface area contributed by atoms with Crippen LogP contribution < -0.4 is 10.1 Å². The minimum Gasteiger partial charge on any atom is -0.493 e. The Morgan fingerprint density at radius 1 is 1.24 bits per heavy atom. The third kappa shape index (κ3) is 3.35. The molecule has 0 aromatic heterocycles. The summed E-state index contributed by atoms with van der Waals surface area (Å²) in [4.78, 5) is 0. The minimum atomic E-state index is 0.297. The van der Waals surface area contributed by atoms with Gasteiger partial charge in [-0.3, -0.25) is 0 Å². The molecule has 1 saturated carbocycles. The van der Waals surface area contributed by atoms with Crippen LogP contribution in [0.15, 0.2) is 46.9 Å². The highest BCUT2D eigenvalue weighted by Crippen LogP contribution is 2.45. The van der Waals surface area contributed by atoms with Gasteiger partial charge in [0.2, 0.25) is 0 Å². The van der Waals surface area contributed by atoms with Gasteiger partial charge in [0.05, 0.1) is 23.3 Å². The maximum atomic E-state index is 6.18.